The number of rotatable bonds is 8. The van der Waals surface area contributed by atoms with Crippen LogP contribution in [-0.2, 0) is 5.75 Å². The van der Waals surface area contributed by atoms with Crippen LogP contribution < -0.4 is 4.90 Å². The number of benzene rings is 2. The molecule has 3 aromatic heterocycles. The number of nitrogens with zero attached hydrogens (tertiary/aromatic N) is 7. The summed E-state index contributed by atoms with van der Waals surface area (Å²) in [6.45, 7) is 4.48. The number of thiophene rings is 1. The van der Waals surface area contributed by atoms with Crippen LogP contribution in [0.5, 0.6) is 0 Å². The molecule has 1 amide bonds. The molecular weight excluding hydrogens is 579 g/mol. The lowest BCUT2D eigenvalue weighted by atomic mass is 10.2. The maximum atomic E-state index is 13.2. The minimum Gasteiger partial charge on any atom is -0.368 e. The number of piperazine rings is 1. The first-order valence-electron chi connectivity index (χ1n) is 12.9. The number of anilines is 1. The van der Waals surface area contributed by atoms with Crippen LogP contribution in [0.4, 0.5) is 11.4 Å². The van der Waals surface area contributed by atoms with E-state index in [1.54, 1.807) is 35.2 Å². The second-order valence-corrected chi connectivity index (χ2v) is 12.3. The number of thiazole rings is 1. The van der Waals surface area contributed by atoms with E-state index in [0.717, 1.165) is 37.8 Å². The Bertz CT molecular complexity index is 1670. The summed E-state index contributed by atoms with van der Waals surface area (Å²) in [4.78, 5) is 33.4. The van der Waals surface area contributed by atoms with E-state index in [-0.39, 0.29) is 11.6 Å². The third-order valence-corrected chi connectivity index (χ3v) is 9.56. The number of nitro benzene ring substituents is 1. The van der Waals surface area contributed by atoms with Gasteiger partial charge < -0.3 is 9.80 Å². The number of hydrogen-bond donors (Lipinski definition) is 0. The average Bonchev–Trinajstić information content (AvgIpc) is 3.77. The fourth-order valence-corrected chi connectivity index (χ4v) is 7.08. The van der Waals surface area contributed by atoms with Crippen molar-refractivity contribution < 1.29 is 9.72 Å². The molecule has 0 unspecified atom stereocenters. The van der Waals surface area contributed by atoms with Crippen molar-refractivity contribution in [1.29, 1.82) is 0 Å². The third-order valence-electron chi connectivity index (χ3n) is 6.72. The van der Waals surface area contributed by atoms with Crippen molar-refractivity contribution in [3.63, 3.8) is 0 Å². The fourth-order valence-electron chi connectivity index (χ4n) is 4.65. The standard InChI is InChI=1S/C28H25N7O3S3/c1-19-4-2-5-22(16-19)34-26(24-6-3-15-39-24)30-31-28(34)41-18-25-29-23(17-40-25)27(36)33-13-11-32(12-14-33)20-7-9-21(10-8-20)35(37)38/h2-10,15-17H,11-14,18H2,1H3. The van der Waals surface area contributed by atoms with Crippen LogP contribution in [-0.4, -0.2) is 61.7 Å². The van der Waals surface area contributed by atoms with Crippen molar-refractivity contribution >= 4 is 51.7 Å². The molecule has 2 aromatic carbocycles. The highest BCUT2D eigenvalue weighted by Gasteiger charge is 2.25. The maximum Gasteiger partial charge on any atom is 0.273 e. The lowest BCUT2D eigenvalue weighted by Gasteiger charge is -2.35. The van der Waals surface area contributed by atoms with Gasteiger partial charge in [-0.25, -0.2) is 4.98 Å². The Morgan fingerprint density at radius 1 is 1.00 bits per heavy atom. The zero-order valence-corrected chi connectivity index (χ0v) is 24.5. The molecule has 13 heteroatoms. The monoisotopic (exact) mass is 603 g/mol. The van der Waals surface area contributed by atoms with Gasteiger partial charge in [0, 0.05) is 49.4 Å². The number of amides is 1. The summed E-state index contributed by atoms with van der Waals surface area (Å²) in [5.74, 6) is 1.29. The quantitative estimate of drug-likeness (QED) is 0.122. The van der Waals surface area contributed by atoms with Crippen LogP contribution in [0.25, 0.3) is 16.4 Å². The molecular formula is C28H25N7O3S3. The predicted molar refractivity (Wildman–Crippen MR) is 162 cm³/mol. The lowest BCUT2D eigenvalue weighted by Crippen LogP contribution is -2.48. The van der Waals surface area contributed by atoms with Crippen molar-refractivity contribution in [2.75, 3.05) is 31.1 Å². The minimum absolute atomic E-state index is 0.0680. The Kier molecular flexibility index (Phi) is 7.81. The largest absolute Gasteiger partial charge is 0.368 e. The minimum atomic E-state index is -0.404. The Morgan fingerprint density at radius 2 is 1.80 bits per heavy atom. The van der Waals surface area contributed by atoms with E-state index in [1.165, 1.54) is 23.5 Å². The van der Waals surface area contributed by atoms with E-state index >= 15 is 0 Å². The fraction of sp³-hybridized carbons (Fsp3) is 0.214. The number of aryl methyl sites for hydroxylation is 1. The van der Waals surface area contributed by atoms with Crippen molar-refractivity contribution in [2.24, 2.45) is 0 Å². The molecule has 1 saturated heterocycles. The molecule has 41 heavy (non-hydrogen) atoms. The number of thioether (sulfide) groups is 1. The Morgan fingerprint density at radius 3 is 2.51 bits per heavy atom. The summed E-state index contributed by atoms with van der Waals surface area (Å²) < 4.78 is 2.08. The van der Waals surface area contributed by atoms with Gasteiger partial charge in [-0.3, -0.25) is 19.5 Å². The second kappa shape index (κ2) is 11.8. The van der Waals surface area contributed by atoms with Gasteiger partial charge >= 0.3 is 0 Å². The molecule has 0 atom stereocenters. The third kappa shape index (κ3) is 5.87. The van der Waals surface area contributed by atoms with E-state index in [9.17, 15) is 14.9 Å². The van der Waals surface area contributed by atoms with Gasteiger partial charge in [-0.2, -0.15) is 0 Å². The molecule has 1 aliphatic heterocycles. The molecule has 4 heterocycles. The molecule has 10 nitrogen and oxygen atoms in total. The average molecular weight is 604 g/mol. The molecule has 5 aromatic rings. The first kappa shape index (κ1) is 27.1. The first-order valence-corrected chi connectivity index (χ1v) is 15.6. The molecule has 0 N–H and O–H groups in total. The zero-order chi connectivity index (χ0) is 28.3. The van der Waals surface area contributed by atoms with Gasteiger partial charge in [-0.1, -0.05) is 30.0 Å². The molecule has 0 aliphatic carbocycles. The summed E-state index contributed by atoms with van der Waals surface area (Å²) >= 11 is 4.64. The van der Waals surface area contributed by atoms with Crippen LogP contribution in [0.3, 0.4) is 0 Å². The topological polar surface area (TPSA) is 110 Å². The summed E-state index contributed by atoms with van der Waals surface area (Å²) in [7, 11) is 0. The highest BCUT2D eigenvalue weighted by atomic mass is 32.2. The molecule has 0 radical (unpaired) electrons. The second-order valence-electron chi connectivity index (χ2n) is 9.43. The molecule has 0 spiro atoms. The van der Waals surface area contributed by atoms with Crippen LogP contribution in [0, 0.1) is 17.0 Å². The number of carbonyl (C=O) groups is 1. The van der Waals surface area contributed by atoms with Crippen LogP contribution in [0.15, 0.2) is 76.6 Å². The Labute approximate surface area is 248 Å². The van der Waals surface area contributed by atoms with Gasteiger partial charge in [-0.15, -0.1) is 32.9 Å². The summed E-state index contributed by atoms with van der Waals surface area (Å²) in [5.41, 5.74) is 3.59. The highest BCUT2D eigenvalue weighted by Crippen LogP contribution is 2.32. The van der Waals surface area contributed by atoms with E-state index in [2.05, 4.69) is 49.8 Å². The molecule has 1 aliphatic rings. The van der Waals surface area contributed by atoms with Crippen LogP contribution >= 0.6 is 34.4 Å². The molecule has 208 valence electrons. The summed E-state index contributed by atoms with van der Waals surface area (Å²) in [5, 5.41) is 25.4. The van der Waals surface area contributed by atoms with Crippen molar-refractivity contribution in [2.45, 2.75) is 17.8 Å². The molecule has 0 bridgehead atoms. The van der Waals surface area contributed by atoms with Gasteiger partial charge in [0.2, 0.25) is 0 Å². The van der Waals surface area contributed by atoms with Gasteiger partial charge in [0.25, 0.3) is 11.6 Å². The van der Waals surface area contributed by atoms with Crippen LogP contribution in [0.2, 0.25) is 0 Å². The van der Waals surface area contributed by atoms with Crippen LogP contribution in [0.1, 0.15) is 21.1 Å². The molecule has 6 rings (SSSR count). The van der Waals surface area contributed by atoms with Crippen molar-refractivity contribution in [3.8, 4) is 16.4 Å². The lowest BCUT2D eigenvalue weighted by molar-refractivity contribution is -0.384. The zero-order valence-electron chi connectivity index (χ0n) is 22.0. The van der Waals surface area contributed by atoms with Gasteiger partial charge in [0.15, 0.2) is 11.0 Å². The van der Waals surface area contributed by atoms with Gasteiger partial charge in [0.1, 0.15) is 10.7 Å². The maximum absolute atomic E-state index is 13.2. The van der Waals surface area contributed by atoms with Gasteiger partial charge in [0.05, 0.1) is 21.2 Å². The van der Waals surface area contributed by atoms with E-state index in [4.69, 9.17) is 0 Å². The van der Waals surface area contributed by atoms with E-state index in [1.807, 2.05) is 33.9 Å². The smallest absolute Gasteiger partial charge is 0.273 e. The Hall–Kier alpha value is -4.07. The normalized spacial score (nSPS) is 13.5. The van der Waals surface area contributed by atoms with E-state index in [0.29, 0.717) is 37.6 Å². The summed E-state index contributed by atoms with van der Waals surface area (Å²) in [6, 6.07) is 18.8. The number of carbonyl (C=O) groups excluding carboxylic acids is 1. The van der Waals surface area contributed by atoms with Crippen molar-refractivity contribution in [1.82, 2.24) is 24.6 Å². The van der Waals surface area contributed by atoms with Crippen molar-refractivity contribution in [3.05, 3.63) is 97.8 Å². The van der Waals surface area contributed by atoms with E-state index < -0.39 is 4.92 Å². The number of non-ortho nitro benzene ring substituents is 1. The SMILES string of the molecule is Cc1cccc(-n2c(SCc3nc(C(=O)N4CCN(c5ccc([N+](=O)[O-])cc5)CC4)cs3)nnc2-c2cccs2)c1. The van der Waals surface area contributed by atoms with Gasteiger partial charge in [-0.05, 0) is 48.2 Å². The highest BCUT2D eigenvalue weighted by molar-refractivity contribution is 7.98. The summed E-state index contributed by atoms with van der Waals surface area (Å²) in [6.07, 6.45) is 0. The first-order chi connectivity index (χ1) is 20.0. The Balaban J connectivity index is 1.11. The predicted octanol–water partition coefficient (Wildman–Crippen LogP) is 5.92. The molecule has 1 fully saturated rings. The molecule has 0 saturated carbocycles. The number of hydrogen-bond acceptors (Lipinski definition) is 10. The number of aromatic nitrogens is 4. The number of nitro groups is 1.